The number of aromatic nitrogens is 1. The van der Waals surface area contributed by atoms with Gasteiger partial charge in [-0.3, -0.25) is 4.79 Å². The van der Waals surface area contributed by atoms with Crippen molar-refractivity contribution in [2.75, 3.05) is 5.75 Å². The average Bonchev–Trinajstić information content (AvgIpc) is 3.13. The zero-order valence-corrected chi connectivity index (χ0v) is 16.7. The first-order valence-electron chi connectivity index (χ1n) is 9.54. The first kappa shape index (κ1) is 18.7. The molecule has 1 unspecified atom stereocenters. The molecule has 144 valence electrons. The van der Waals surface area contributed by atoms with Gasteiger partial charge in [-0.15, -0.1) is 0 Å². The van der Waals surface area contributed by atoms with Gasteiger partial charge >= 0.3 is 0 Å². The molecule has 1 aliphatic rings. The largest absolute Gasteiger partial charge is 0.342 e. The highest BCUT2D eigenvalue weighted by Crippen LogP contribution is 2.33. The Balaban J connectivity index is 1.63. The standard InChI is InChI=1S/C23H23NO3S/c1-17-9-11-20(12-10-17)28(26,27)16-19-8-5-15-24-21(19)13-14-22(24)23(25)18-6-3-2-4-7-18/h2-4,6-7,9-14,19H,5,8,15-16H2,1H3. The molecule has 0 fully saturated rings. The monoisotopic (exact) mass is 393 g/mol. The van der Waals surface area contributed by atoms with Crippen LogP contribution in [0.1, 0.15) is 46.1 Å². The van der Waals surface area contributed by atoms with Crippen LogP contribution in [0.4, 0.5) is 0 Å². The molecule has 1 aliphatic heterocycles. The number of nitrogens with zero attached hydrogens (tertiary/aromatic N) is 1. The molecule has 0 saturated heterocycles. The first-order chi connectivity index (χ1) is 13.5. The Bertz CT molecular complexity index is 1100. The van der Waals surface area contributed by atoms with Crippen molar-refractivity contribution < 1.29 is 13.2 Å². The highest BCUT2D eigenvalue weighted by molar-refractivity contribution is 7.91. The molecule has 1 aromatic heterocycles. The van der Waals surface area contributed by atoms with E-state index in [9.17, 15) is 13.2 Å². The summed E-state index contributed by atoms with van der Waals surface area (Å²) < 4.78 is 27.8. The summed E-state index contributed by atoms with van der Waals surface area (Å²) in [5.41, 5.74) is 3.27. The molecule has 4 nitrogen and oxygen atoms in total. The molecule has 28 heavy (non-hydrogen) atoms. The number of benzene rings is 2. The number of aryl methyl sites for hydroxylation is 1. The summed E-state index contributed by atoms with van der Waals surface area (Å²) in [6.45, 7) is 2.69. The number of ketones is 1. The van der Waals surface area contributed by atoms with E-state index in [1.54, 1.807) is 12.1 Å². The van der Waals surface area contributed by atoms with Gasteiger partial charge in [0.25, 0.3) is 0 Å². The van der Waals surface area contributed by atoms with Crippen LogP contribution >= 0.6 is 0 Å². The second-order valence-corrected chi connectivity index (χ2v) is 9.46. The van der Waals surface area contributed by atoms with Gasteiger partial charge in [-0.05, 0) is 44.0 Å². The van der Waals surface area contributed by atoms with Crippen LogP contribution in [0.2, 0.25) is 0 Å². The maximum absolute atomic E-state index is 12.9. The molecular weight excluding hydrogens is 370 g/mol. The van der Waals surface area contributed by atoms with Gasteiger partial charge in [0.05, 0.1) is 16.3 Å². The smallest absolute Gasteiger partial charge is 0.209 e. The summed E-state index contributed by atoms with van der Waals surface area (Å²) in [6.07, 6.45) is 1.68. The van der Waals surface area contributed by atoms with Gasteiger partial charge in [0, 0.05) is 23.7 Å². The number of carbonyl (C=O) groups excluding carboxylic acids is 1. The summed E-state index contributed by atoms with van der Waals surface area (Å²) >= 11 is 0. The third-order valence-corrected chi connectivity index (χ3v) is 7.27. The summed E-state index contributed by atoms with van der Waals surface area (Å²) in [5.74, 6) is -0.0507. The third kappa shape index (κ3) is 3.54. The summed E-state index contributed by atoms with van der Waals surface area (Å²) in [5, 5.41) is 0. The predicted molar refractivity (Wildman–Crippen MR) is 110 cm³/mol. The van der Waals surface area contributed by atoms with Crippen LogP contribution in [0.15, 0.2) is 71.6 Å². The topological polar surface area (TPSA) is 56.1 Å². The lowest BCUT2D eigenvalue weighted by molar-refractivity contribution is 0.102. The van der Waals surface area contributed by atoms with Gasteiger partial charge in [0.2, 0.25) is 5.78 Å². The van der Waals surface area contributed by atoms with E-state index in [0.29, 0.717) is 16.2 Å². The molecule has 0 aliphatic carbocycles. The van der Waals surface area contributed by atoms with Crippen molar-refractivity contribution in [1.29, 1.82) is 0 Å². The highest BCUT2D eigenvalue weighted by atomic mass is 32.2. The van der Waals surface area contributed by atoms with Gasteiger partial charge in [-0.25, -0.2) is 8.42 Å². The van der Waals surface area contributed by atoms with Gasteiger partial charge < -0.3 is 4.57 Å². The zero-order chi connectivity index (χ0) is 19.7. The fourth-order valence-corrected chi connectivity index (χ4v) is 5.55. The zero-order valence-electron chi connectivity index (χ0n) is 15.8. The van der Waals surface area contributed by atoms with Crippen LogP contribution in [-0.2, 0) is 16.4 Å². The van der Waals surface area contributed by atoms with E-state index in [1.165, 1.54) is 0 Å². The number of hydrogen-bond acceptors (Lipinski definition) is 3. The molecule has 0 amide bonds. The minimum atomic E-state index is -3.38. The van der Waals surface area contributed by atoms with Gasteiger partial charge in [0.15, 0.2) is 9.84 Å². The van der Waals surface area contributed by atoms with E-state index < -0.39 is 9.84 Å². The van der Waals surface area contributed by atoms with Crippen LogP contribution < -0.4 is 0 Å². The van der Waals surface area contributed by atoms with Crippen molar-refractivity contribution in [2.45, 2.75) is 37.1 Å². The van der Waals surface area contributed by atoms with Crippen molar-refractivity contribution in [3.05, 3.63) is 89.2 Å². The minimum Gasteiger partial charge on any atom is -0.342 e. The van der Waals surface area contributed by atoms with Crippen molar-refractivity contribution in [3.8, 4) is 0 Å². The Morgan fingerprint density at radius 2 is 1.71 bits per heavy atom. The summed E-state index contributed by atoms with van der Waals surface area (Å²) in [4.78, 5) is 13.2. The van der Waals surface area contributed by atoms with E-state index in [-0.39, 0.29) is 17.5 Å². The van der Waals surface area contributed by atoms with Crippen LogP contribution in [0, 0.1) is 6.92 Å². The molecule has 0 spiro atoms. The lowest BCUT2D eigenvalue weighted by atomic mass is 9.98. The van der Waals surface area contributed by atoms with Crippen LogP contribution in [0.25, 0.3) is 0 Å². The number of fused-ring (bicyclic) bond motifs is 1. The van der Waals surface area contributed by atoms with Crippen molar-refractivity contribution >= 4 is 15.6 Å². The minimum absolute atomic E-state index is 0.0195. The number of hydrogen-bond donors (Lipinski definition) is 0. The number of rotatable bonds is 5. The molecule has 3 aromatic rings. The van der Waals surface area contributed by atoms with E-state index in [0.717, 1.165) is 30.6 Å². The number of carbonyl (C=O) groups is 1. The Morgan fingerprint density at radius 1 is 1.00 bits per heavy atom. The van der Waals surface area contributed by atoms with Crippen molar-refractivity contribution in [3.63, 3.8) is 0 Å². The van der Waals surface area contributed by atoms with Crippen molar-refractivity contribution in [2.24, 2.45) is 0 Å². The lowest BCUT2D eigenvalue weighted by Gasteiger charge is -2.26. The third-order valence-electron chi connectivity index (χ3n) is 5.44. The SMILES string of the molecule is Cc1ccc(S(=O)(=O)CC2CCCn3c(C(=O)c4ccccc4)ccc32)cc1. The van der Waals surface area contributed by atoms with E-state index in [1.807, 2.05) is 66.1 Å². The molecule has 0 N–H and O–H groups in total. The van der Waals surface area contributed by atoms with Crippen LogP contribution in [0.3, 0.4) is 0 Å². The molecule has 0 saturated carbocycles. The fraction of sp³-hybridized carbons (Fsp3) is 0.261. The molecule has 1 atom stereocenters. The molecular formula is C23H23NO3S. The number of sulfone groups is 1. The second kappa shape index (κ2) is 7.40. The van der Waals surface area contributed by atoms with E-state index >= 15 is 0 Å². The van der Waals surface area contributed by atoms with Crippen LogP contribution in [0.5, 0.6) is 0 Å². The Labute approximate surface area is 165 Å². The maximum Gasteiger partial charge on any atom is 0.209 e. The maximum atomic E-state index is 12.9. The quantitative estimate of drug-likeness (QED) is 0.605. The Morgan fingerprint density at radius 3 is 2.43 bits per heavy atom. The van der Waals surface area contributed by atoms with Gasteiger partial charge in [-0.2, -0.15) is 0 Å². The second-order valence-electron chi connectivity index (χ2n) is 7.42. The molecule has 0 radical (unpaired) electrons. The molecule has 2 aromatic carbocycles. The normalized spacial score (nSPS) is 16.5. The fourth-order valence-electron chi connectivity index (χ4n) is 3.94. The first-order valence-corrected chi connectivity index (χ1v) is 11.2. The average molecular weight is 394 g/mol. The lowest BCUT2D eigenvalue weighted by Crippen LogP contribution is -2.24. The van der Waals surface area contributed by atoms with Gasteiger partial charge in [-0.1, -0.05) is 48.0 Å². The molecule has 2 heterocycles. The predicted octanol–water partition coefficient (Wildman–Crippen LogP) is 4.38. The molecule has 4 rings (SSSR count). The molecule has 0 bridgehead atoms. The Kier molecular flexibility index (Phi) is 4.94. The Hall–Kier alpha value is -2.66. The summed E-state index contributed by atoms with van der Waals surface area (Å²) in [6, 6.07) is 20.0. The van der Waals surface area contributed by atoms with E-state index in [4.69, 9.17) is 0 Å². The molecule has 5 heteroatoms. The van der Waals surface area contributed by atoms with Crippen molar-refractivity contribution in [1.82, 2.24) is 4.57 Å². The van der Waals surface area contributed by atoms with Crippen LogP contribution in [-0.4, -0.2) is 24.5 Å². The van der Waals surface area contributed by atoms with Gasteiger partial charge in [0.1, 0.15) is 0 Å². The highest BCUT2D eigenvalue weighted by Gasteiger charge is 2.29. The summed E-state index contributed by atoms with van der Waals surface area (Å²) in [7, 11) is -3.38. The van der Waals surface area contributed by atoms with E-state index in [2.05, 4.69) is 0 Å².